The molecule has 1 atom stereocenters. The molecule has 0 aromatic heterocycles. The van der Waals surface area contributed by atoms with Crippen molar-refractivity contribution in [3.8, 4) is 0 Å². The molecule has 1 heterocycles. The molecule has 18 heavy (non-hydrogen) atoms. The lowest BCUT2D eigenvalue weighted by Crippen LogP contribution is -2.52. The molecular formula is C13H19NO4. The summed E-state index contributed by atoms with van der Waals surface area (Å²) in [5.74, 6) is -0.741. The highest BCUT2D eigenvalue weighted by Gasteiger charge is 2.52. The second kappa shape index (κ2) is 5.00. The number of likely N-dealkylation sites (tertiary alicyclic amines) is 1. The second-order valence-electron chi connectivity index (χ2n) is 5.22. The number of carboxylic acids is 1. The topological polar surface area (TPSA) is 66.8 Å². The summed E-state index contributed by atoms with van der Waals surface area (Å²) in [6, 6.07) is 0. The van der Waals surface area contributed by atoms with Crippen molar-refractivity contribution in [2.24, 2.45) is 5.92 Å². The summed E-state index contributed by atoms with van der Waals surface area (Å²) >= 11 is 0. The number of hydrogen-bond acceptors (Lipinski definition) is 3. The van der Waals surface area contributed by atoms with Gasteiger partial charge in [-0.3, -0.25) is 4.79 Å². The van der Waals surface area contributed by atoms with Crippen molar-refractivity contribution in [1.29, 1.82) is 0 Å². The van der Waals surface area contributed by atoms with Crippen molar-refractivity contribution in [3.05, 3.63) is 12.7 Å². The van der Waals surface area contributed by atoms with E-state index < -0.39 is 5.97 Å². The van der Waals surface area contributed by atoms with E-state index in [0.717, 1.165) is 25.7 Å². The lowest BCUT2D eigenvalue weighted by atomic mass is 9.73. The maximum atomic E-state index is 12.0. The van der Waals surface area contributed by atoms with E-state index in [1.54, 1.807) is 4.90 Å². The Kier molecular flexibility index (Phi) is 3.59. The molecule has 0 radical (unpaired) electrons. The van der Waals surface area contributed by atoms with Crippen LogP contribution in [0.15, 0.2) is 12.7 Å². The number of rotatable bonds is 4. The lowest BCUT2D eigenvalue weighted by molar-refractivity contribution is -0.138. The fourth-order valence-electron chi connectivity index (χ4n) is 3.08. The zero-order valence-electron chi connectivity index (χ0n) is 10.4. The summed E-state index contributed by atoms with van der Waals surface area (Å²) in [4.78, 5) is 24.5. The van der Waals surface area contributed by atoms with Crippen LogP contribution < -0.4 is 0 Å². The van der Waals surface area contributed by atoms with Gasteiger partial charge >= 0.3 is 12.1 Å². The zero-order chi connectivity index (χ0) is 13.2. The minimum absolute atomic E-state index is 0.0547. The Morgan fingerprint density at radius 3 is 2.72 bits per heavy atom. The minimum atomic E-state index is -0.796. The molecule has 0 bridgehead atoms. The first kappa shape index (κ1) is 12.9. The van der Waals surface area contributed by atoms with Crippen molar-refractivity contribution in [2.75, 3.05) is 13.2 Å². The van der Waals surface area contributed by atoms with E-state index >= 15 is 0 Å². The van der Waals surface area contributed by atoms with Crippen molar-refractivity contribution in [2.45, 2.75) is 37.6 Å². The normalized spacial score (nSPS) is 24.7. The fraction of sp³-hybridized carbons (Fsp3) is 0.692. The summed E-state index contributed by atoms with van der Waals surface area (Å²) in [5.41, 5.74) is -0.127. The van der Waals surface area contributed by atoms with Crippen LogP contribution in [0.2, 0.25) is 0 Å². The van der Waals surface area contributed by atoms with Gasteiger partial charge in [-0.15, -0.1) is 0 Å². The zero-order valence-corrected chi connectivity index (χ0v) is 10.4. The maximum absolute atomic E-state index is 12.0. The van der Waals surface area contributed by atoms with Crippen LogP contribution in [0.25, 0.3) is 0 Å². The average molecular weight is 253 g/mol. The van der Waals surface area contributed by atoms with Gasteiger partial charge in [0.15, 0.2) is 0 Å². The average Bonchev–Trinajstić information content (AvgIpc) is 2.64. The Hall–Kier alpha value is -1.52. The predicted molar refractivity (Wildman–Crippen MR) is 65.2 cm³/mol. The highest BCUT2D eigenvalue weighted by atomic mass is 16.6. The molecule has 0 aromatic carbocycles. The van der Waals surface area contributed by atoms with Crippen LogP contribution in [-0.4, -0.2) is 40.8 Å². The highest BCUT2D eigenvalue weighted by Crippen LogP contribution is 2.48. The second-order valence-corrected chi connectivity index (χ2v) is 5.22. The molecule has 1 saturated heterocycles. The van der Waals surface area contributed by atoms with Crippen LogP contribution in [0.4, 0.5) is 4.79 Å². The number of carboxylic acid groups (broad SMARTS) is 1. The van der Waals surface area contributed by atoms with E-state index in [4.69, 9.17) is 9.84 Å². The molecule has 2 rings (SSSR count). The van der Waals surface area contributed by atoms with Gasteiger partial charge in [-0.25, -0.2) is 4.79 Å². The van der Waals surface area contributed by atoms with Crippen LogP contribution in [0, 0.1) is 5.92 Å². The Bertz CT molecular complexity index is 362. The molecule has 1 aliphatic carbocycles. The first-order valence-electron chi connectivity index (χ1n) is 6.34. The summed E-state index contributed by atoms with van der Waals surface area (Å²) in [5, 5.41) is 8.85. The Morgan fingerprint density at radius 1 is 1.50 bits per heavy atom. The Labute approximate surface area is 106 Å². The smallest absolute Gasteiger partial charge is 0.410 e. The monoisotopic (exact) mass is 253 g/mol. The van der Waals surface area contributed by atoms with E-state index in [-0.39, 0.29) is 30.6 Å². The van der Waals surface area contributed by atoms with Gasteiger partial charge in [0.25, 0.3) is 0 Å². The molecule has 5 nitrogen and oxygen atoms in total. The quantitative estimate of drug-likeness (QED) is 0.778. The fourth-order valence-corrected chi connectivity index (χ4v) is 3.08. The highest BCUT2D eigenvalue weighted by molar-refractivity contribution is 5.71. The molecule has 2 fully saturated rings. The van der Waals surface area contributed by atoms with Crippen molar-refractivity contribution in [1.82, 2.24) is 4.90 Å². The first-order valence-corrected chi connectivity index (χ1v) is 6.34. The number of hydrogen-bond donors (Lipinski definition) is 1. The molecule has 1 unspecified atom stereocenters. The lowest BCUT2D eigenvalue weighted by Gasteiger charge is -2.45. The molecule has 100 valence electrons. The number of aliphatic carboxylic acids is 1. The first-order chi connectivity index (χ1) is 8.57. The summed E-state index contributed by atoms with van der Waals surface area (Å²) < 4.78 is 5.08. The molecule has 1 amide bonds. The third-order valence-corrected chi connectivity index (χ3v) is 3.97. The van der Waals surface area contributed by atoms with Gasteiger partial charge in [-0.1, -0.05) is 12.7 Å². The van der Waals surface area contributed by atoms with Crippen LogP contribution in [0.1, 0.15) is 32.1 Å². The standard InChI is InChI=1S/C13H19NO4/c1-2-6-18-12(17)14-9-10(7-11(15)16)8-13(14)4-3-5-13/h2,10H,1,3-9H2,(H,15,16). The van der Waals surface area contributed by atoms with Gasteiger partial charge in [0.1, 0.15) is 6.61 Å². The van der Waals surface area contributed by atoms with E-state index in [0.29, 0.717) is 6.54 Å². The minimum Gasteiger partial charge on any atom is -0.481 e. The molecule has 0 aromatic rings. The van der Waals surface area contributed by atoms with E-state index in [1.807, 2.05) is 0 Å². The summed E-state index contributed by atoms with van der Waals surface area (Å²) in [7, 11) is 0. The number of nitrogens with zero attached hydrogens (tertiary/aromatic N) is 1. The Morgan fingerprint density at radius 2 is 2.22 bits per heavy atom. The molecule has 2 aliphatic rings. The van der Waals surface area contributed by atoms with Gasteiger partial charge < -0.3 is 14.7 Å². The predicted octanol–water partition coefficient (Wildman–Crippen LogP) is 2.03. The van der Waals surface area contributed by atoms with Crippen LogP contribution in [-0.2, 0) is 9.53 Å². The SMILES string of the molecule is C=CCOC(=O)N1CC(CC(=O)O)CC12CCC2. The van der Waals surface area contributed by atoms with Gasteiger partial charge in [0.2, 0.25) is 0 Å². The summed E-state index contributed by atoms with van der Waals surface area (Å²) in [6.07, 6.45) is 5.16. The van der Waals surface area contributed by atoms with Gasteiger partial charge in [0, 0.05) is 18.5 Å². The molecule has 1 saturated carbocycles. The largest absolute Gasteiger partial charge is 0.481 e. The van der Waals surface area contributed by atoms with Crippen LogP contribution in [0.5, 0.6) is 0 Å². The molecular weight excluding hydrogens is 234 g/mol. The van der Waals surface area contributed by atoms with Crippen molar-refractivity contribution < 1.29 is 19.4 Å². The third-order valence-electron chi connectivity index (χ3n) is 3.97. The Balaban J connectivity index is 2.01. The number of ether oxygens (including phenoxy) is 1. The van der Waals surface area contributed by atoms with Gasteiger partial charge in [-0.2, -0.15) is 0 Å². The van der Waals surface area contributed by atoms with E-state index in [1.165, 1.54) is 6.08 Å². The molecule has 1 N–H and O–H groups in total. The van der Waals surface area contributed by atoms with Crippen molar-refractivity contribution in [3.63, 3.8) is 0 Å². The molecule has 1 aliphatic heterocycles. The van der Waals surface area contributed by atoms with E-state index in [2.05, 4.69) is 6.58 Å². The van der Waals surface area contributed by atoms with Crippen LogP contribution in [0.3, 0.4) is 0 Å². The number of carbonyl (C=O) groups is 2. The molecule has 5 heteroatoms. The van der Waals surface area contributed by atoms with Crippen LogP contribution >= 0.6 is 0 Å². The number of amides is 1. The van der Waals surface area contributed by atoms with E-state index in [9.17, 15) is 9.59 Å². The molecule has 1 spiro atoms. The van der Waals surface area contributed by atoms with Gasteiger partial charge in [0.05, 0.1) is 0 Å². The summed E-state index contributed by atoms with van der Waals surface area (Å²) in [6.45, 7) is 4.22. The number of carbonyl (C=O) groups excluding carboxylic acids is 1. The third kappa shape index (κ3) is 2.35. The maximum Gasteiger partial charge on any atom is 0.410 e. The van der Waals surface area contributed by atoms with Crippen molar-refractivity contribution >= 4 is 12.1 Å². The van der Waals surface area contributed by atoms with Gasteiger partial charge in [-0.05, 0) is 31.6 Å².